The summed E-state index contributed by atoms with van der Waals surface area (Å²) < 4.78 is 0. The van der Waals surface area contributed by atoms with E-state index in [0.29, 0.717) is 0 Å². The van der Waals surface area contributed by atoms with Crippen molar-refractivity contribution in [1.29, 1.82) is 0 Å². The Balaban J connectivity index is 2.34. The zero-order valence-corrected chi connectivity index (χ0v) is 12.4. The molecule has 0 bridgehead atoms. The van der Waals surface area contributed by atoms with Gasteiger partial charge in [0.15, 0.2) is 0 Å². The number of hydrogen-bond acceptors (Lipinski definition) is 4. The molecule has 19 heavy (non-hydrogen) atoms. The Bertz CT molecular complexity index is 371. The first-order valence-corrected chi connectivity index (χ1v) is 7.37. The molecular weight excluding hydrogens is 236 g/mol. The number of hydrogen-bond donors (Lipinski definition) is 1. The fourth-order valence-corrected chi connectivity index (χ4v) is 3.39. The molecule has 4 heteroatoms. The Morgan fingerprint density at radius 3 is 2.53 bits per heavy atom. The monoisotopic (exact) mass is 262 g/mol. The molecule has 4 nitrogen and oxygen atoms in total. The van der Waals surface area contributed by atoms with Crippen LogP contribution in [-0.2, 0) is 0 Å². The molecule has 106 valence electrons. The van der Waals surface area contributed by atoms with Crippen molar-refractivity contribution in [2.75, 3.05) is 20.6 Å². The maximum atomic E-state index is 4.55. The van der Waals surface area contributed by atoms with Crippen LogP contribution in [0, 0.1) is 0 Å². The van der Waals surface area contributed by atoms with Gasteiger partial charge in [0.1, 0.15) is 0 Å². The van der Waals surface area contributed by atoms with E-state index in [9.17, 15) is 0 Å². The molecule has 0 aliphatic heterocycles. The van der Waals surface area contributed by atoms with Gasteiger partial charge >= 0.3 is 0 Å². The van der Waals surface area contributed by atoms with E-state index in [1.54, 1.807) is 12.4 Å². The van der Waals surface area contributed by atoms with Crippen molar-refractivity contribution >= 4 is 0 Å². The van der Waals surface area contributed by atoms with Gasteiger partial charge in [0.25, 0.3) is 0 Å². The van der Waals surface area contributed by atoms with Crippen LogP contribution in [-0.4, -0.2) is 41.0 Å². The molecule has 1 atom stereocenters. The van der Waals surface area contributed by atoms with Crippen LogP contribution < -0.4 is 5.32 Å². The highest BCUT2D eigenvalue weighted by atomic mass is 15.2. The number of nitrogens with zero attached hydrogens (tertiary/aromatic N) is 3. The first-order valence-electron chi connectivity index (χ1n) is 7.37. The number of aromatic nitrogens is 2. The van der Waals surface area contributed by atoms with Gasteiger partial charge in [-0.3, -0.25) is 9.97 Å². The SMILES string of the molecule is CCNC(c1cnccn1)C1(N(C)C)CCCCC1. The number of likely N-dealkylation sites (N-methyl/N-ethyl adjacent to an activating group) is 2. The van der Waals surface area contributed by atoms with E-state index in [0.717, 1.165) is 12.2 Å². The van der Waals surface area contributed by atoms with Crippen LogP contribution in [0.25, 0.3) is 0 Å². The van der Waals surface area contributed by atoms with Crippen LogP contribution >= 0.6 is 0 Å². The molecule has 0 spiro atoms. The van der Waals surface area contributed by atoms with Crippen molar-refractivity contribution in [2.45, 2.75) is 50.6 Å². The molecule has 2 rings (SSSR count). The Kier molecular flexibility index (Phi) is 4.88. The maximum absolute atomic E-state index is 4.55. The first kappa shape index (κ1) is 14.4. The lowest BCUT2D eigenvalue weighted by Gasteiger charge is -2.48. The van der Waals surface area contributed by atoms with Gasteiger partial charge in [-0.1, -0.05) is 26.2 Å². The van der Waals surface area contributed by atoms with Gasteiger partial charge < -0.3 is 10.2 Å². The third-order valence-electron chi connectivity index (χ3n) is 4.43. The zero-order chi connectivity index (χ0) is 13.7. The van der Waals surface area contributed by atoms with Crippen molar-refractivity contribution in [3.63, 3.8) is 0 Å². The molecule has 1 aromatic heterocycles. The molecule has 1 fully saturated rings. The highest BCUT2D eigenvalue weighted by Gasteiger charge is 2.42. The lowest BCUT2D eigenvalue weighted by molar-refractivity contribution is 0.0553. The minimum atomic E-state index is 0.171. The summed E-state index contributed by atoms with van der Waals surface area (Å²) in [4.78, 5) is 11.2. The Labute approximate surface area is 116 Å². The predicted molar refractivity (Wildman–Crippen MR) is 78.0 cm³/mol. The standard InChI is InChI=1S/C15H26N4/c1-4-17-14(13-12-16-10-11-18-13)15(19(2)3)8-6-5-7-9-15/h10-12,14,17H,4-9H2,1-3H3. The van der Waals surface area contributed by atoms with Gasteiger partial charge in [-0.05, 0) is 33.5 Å². The first-order chi connectivity index (χ1) is 9.20. The fourth-order valence-electron chi connectivity index (χ4n) is 3.39. The van der Waals surface area contributed by atoms with E-state index in [1.165, 1.54) is 32.1 Å². The molecule has 1 saturated carbocycles. The molecule has 1 aliphatic rings. The quantitative estimate of drug-likeness (QED) is 0.884. The molecule has 0 aromatic carbocycles. The minimum Gasteiger partial charge on any atom is -0.307 e. The molecule has 1 aliphatic carbocycles. The number of rotatable bonds is 5. The second-order valence-corrected chi connectivity index (χ2v) is 5.68. The van der Waals surface area contributed by atoms with Gasteiger partial charge in [0.2, 0.25) is 0 Å². The predicted octanol–water partition coefficient (Wildman–Crippen LogP) is 2.39. The van der Waals surface area contributed by atoms with E-state index in [2.05, 4.69) is 41.2 Å². The molecule has 1 heterocycles. The Morgan fingerprint density at radius 1 is 1.26 bits per heavy atom. The lowest BCUT2D eigenvalue weighted by Crippen LogP contribution is -2.55. The van der Waals surface area contributed by atoms with Gasteiger partial charge in [0, 0.05) is 17.9 Å². The molecule has 1 unspecified atom stereocenters. The average molecular weight is 262 g/mol. The summed E-state index contributed by atoms with van der Waals surface area (Å²) >= 11 is 0. The number of nitrogens with one attached hydrogen (secondary N) is 1. The van der Waals surface area contributed by atoms with Gasteiger partial charge in [0.05, 0.1) is 17.9 Å². The summed E-state index contributed by atoms with van der Waals surface area (Å²) in [5.74, 6) is 0. The van der Waals surface area contributed by atoms with E-state index in [1.807, 2.05) is 6.20 Å². The van der Waals surface area contributed by atoms with E-state index in [4.69, 9.17) is 0 Å². The summed E-state index contributed by atoms with van der Waals surface area (Å²) in [7, 11) is 4.40. The summed E-state index contributed by atoms with van der Waals surface area (Å²) in [6.45, 7) is 3.12. The van der Waals surface area contributed by atoms with Gasteiger partial charge in [-0.15, -0.1) is 0 Å². The van der Waals surface area contributed by atoms with E-state index < -0.39 is 0 Å². The van der Waals surface area contributed by atoms with Crippen molar-refractivity contribution in [3.8, 4) is 0 Å². The van der Waals surface area contributed by atoms with Crippen LogP contribution in [0.15, 0.2) is 18.6 Å². The van der Waals surface area contributed by atoms with Crippen LogP contribution in [0.1, 0.15) is 50.8 Å². The van der Waals surface area contributed by atoms with Crippen LogP contribution in [0.2, 0.25) is 0 Å². The normalized spacial score (nSPS) is 20.4. The van der Waals surface area contributed by atoms with Gasteiger partial charge in [-0.2, -0.15) is 0 Å². The Hall–Kier alpha value is -1.00. The van der Waals surface area contributed by atoms with Gasteiger partial charge in [-0.25, -0.2) is 0 Å². The van der Waals surface area contributed by atoms with Crippen LogP contribution in [0.4, 0.5) is 0 Å². The minimum absolute atomic E-state index is 0.171. The Morgan fingerprint density at radius 2 is 2.00 bits per heavy atom. The molecule has 0 radical (unpaired) electrons. The molecule has 0 amide bonds. The average Bonchev–Trinajstić information content (AvgIpc) is 2.46. The smallest absolute Gasteiger partial charge is 0.0775 e. The molecule has 1 aromatic rings. The topological polar surface area (TPSA) is 41.1 Å². The summed E-state index contributed by atoms with van der Waals surface area (Å²) in [5.41, 5.74) is 1.24. The zero-order valence-electron chi connectivity index (χ0n) is 12.4. The molecular formula is C15H26N4. The third-order valence-corrected chi connectivity index (χ3v) is 4.43. The van der Waals surface area contributed by atoms with E-state index >= 15 is 0 Å². The van der Waals surface area contributed by atoms with Crippen molar-refractivity contribution < 1.29 is 0 Å². The van der Waals surface area contributed by atoms with Crippen LogP contribution in [0.3, 0.4) is 0 Å². The summed E-state index contributed by atoms with van der Waals surface area (Å²) in [5, 5.41) is 3.65. The van der Waals surface area contributed by atoms with Crippen LogP contribution in [0.5, 0.6) is 0 Å². The molecule has 1 N–H and O–H groups in total. The highest BCUT2D eigenvalue weighted by molar-refractivity contribution is 5.13. The summed E-state index contributed by atoms with van der Waals surface area (Å²) in [6.07, 6.45) is 11.9. The summed E-state index contributed by atoms with van der Waals surface area (Å²) in [6, 6.07) is 0.265. The van der Waals surface area contributed by atoms with E-state index in [-0.39, 0.29) is 11.6 Å². The fraction of sp³-hybridized carbons (Fsp3) is 0.733. The highest BCUT2D eigenvalue weighted by Crippen LogP contribution is 2.41. The molecule has 0 saturated heterocycles. The second kappa shape index (κ2) is 6.44. The maximum Gasteiger partial charge on any atom is 0.0775 e. The lowest BCUT2D eigenvalue weighted by atomic mass is 9.74. The van der Waals surface area contributed by atoms with Crippen molar-refractivity contribution in [2.24, 2.45) is 0 Å². The third kappa shape index (κ3) is 2.95. The van der Waals surface area contributed by atoms with Crippen molar-refractivity contribution in [1.82, 2.24) is 20.2 Å². The second-order valence-electron chi connectivity index (χ2n) is 5.68. The largest absolute Gasteiger partial charge is 0.307 e. The van der Waals surface area contributed by atoms with Crippen molar-refractivity contribution in [3.05, 3.63) is 24.3 Å².